The Balaban J connectivity index is 2.09. The smallest absolute Gasteiger partial charge is 0.175 e. The van der Waals surface area contributed by atoms with Gasteiger partial charge in [-0.3, -0.25) is 0 Å². The Kier molecular flexibility index (Phi) is 4.53. The van der Waals surface area contributed by atoms with E-state index < -0.39 is 9.84 Å². The van der Waals surface area contributed by atoms with Crippen LogP contribution in [0.4, 0.5) is 5.69 Å². The van der Waals surface area contributed by atoms with E-state index in [1.54, 1.807) is 12.1 Å². The number of hydrogen-bond acceptors (Lipinski definition) is 3. The Morgan fingerprint density at radius 1 is 1.37 bits per heavy atom. The molecule has 0 saturated heterocycles. The van der Waals surface area contributed by atoms with Crippen LogP contribution in [-0.2, 0) is 9.84 Å². The van der Waals surface area contributed by atoms with E-state index in [0.717, 1.165) is 25.8 Å². The molecule has 1 aromatic carbocycles. The molecule has 0 aromatic heterocycles. The lowest BCUT2D eigenvalue weighted by Crippen LogP contribution is -2.15. The molecule has 2 rings (SSSR count). The quantitative estimate of drug-likeness (QED) is 0.865. The third kappa shape index (κ3) is 3.98. The SMILES string of the molecule is CS(=O)(=O)c1ccc(Cl)c(NCC2CC=CCC2)c1. The van der Waals surface area contributed by atoms with Crippen molar-refractivity contribution in [3.63, 3.8) is 0 Å². The standard InChI is InChI=1S/C14H18ClNO2S/c1-19(17,18)12-7-8-13(15)14(9-12)16-10-11-5-3-2-4-6-11/h2-3,7-9,11,16H,4-6,10H2,1H3. The molecule has 104 valence electrons. The average molecular weight is 300 g/mol. The second-order valence-corrected chi connectivity index (χ2v) is 7.37. The summed E-state index contributed by atoms with van der Waals surface area (Å²) in [7, 11) is -3.20. The Morgan fingerprint density at radius 2 is 2.16 bits per heavy atom. The molecule has 1 aliphatic carbocycles. The van der Waals surface area contributed by atoms with Crippen molar-refractivity contribution in [3.05, 3.63) is 35.4 Å². The summed E-state index contributed by atoms with van der Waals surface area (Å²) in [6.45, 7) is 0.817. The first kappa shape index (κ1) is 14.4. The van der Waals surface area contributed by atoms with Crippen LogP contribution in [0.25, 0.3) is 0 Å². The monoisotopic (exact) mass is 299 g/mol. The van der Waals surface area contributed by atoms with Crippen molar-refractivity contribution in [2.75, 3.05) is 18.1 Å². The van der Waals surface area contributed by atoms with Gasteiger partial charge in [-0.25, -0.2) is 8.42 Å². The van der Waals surface area contributed by atoms with E-state index in [1.165, 1.54) is 12.3 Å². The molecule has 1 aliphatic rings. The lowest BCUT2D eigenvalue weighted by Gasteiger charge is -2.19. The summed E-state index contributed by atoms with van der Waals surface area (Å²) in [5, 5.41) is 3.82. The number of allylic oxidation sites excluding steroid dienone is 2. The zero-order valence-electron chi connectivity index (χ0n) is 10.9. The van der Waals surface area contributed by atoms with Gasteiger partial charge in [0.05, 0.1) is 15.6 Å². The molecule has 1 N–H and O–H groups in total. The van der Waals surface area contributed by atoms with E-state index in [2.05, 4.69) is 17.5 Å². The van der Waals surface area contributed by atoms with Gasteiger partial charge < -0.3 is 5.32 Å². The van der Waals surface area contributed by atoms with Gasteiger partial charge in [0.1, 0.15) is 0 Å². The van der Waals surface area contributed by atoms with Crippen molar-refractivity contribution in [1.82, 2.24) is 0 Å². The molecule has 1 unspecified atom stereocenters. The van der Waals surface area contributed by atoms with Crippen LogP contribution in [0.1, 0.15) is 19.3 Å². The minimum absolute atomic E-state index is 0.294. The highest BCUT2D eigenvalue weighted by atomic mass is 35.5. The van der Waals surface area contributed by atoms with Gasteiger partial charge in [0.15, 0.2) is 9.84 Å². The number of anilines is 1. The molecular formula is C14H18ClNO2S. The molecule has 0 saturated carbocycles. The number of hydrogen-bond donors (Lipinski definition) is 1. The first-order valence-electron chi connectivity index (χ1n) is 6.35. The van der Waals surface area contributed by atoms with Gasteiger partial charge in [0.25, 0.3) is 0 Å². The Hall–Kier alpha value is -1.00. The highest BCUT2D eigenvalue weighted by molar-refractivity contribution is 7.90. The van der Waals surface area contributed by atoms with Crippen LogP contribution in [0, 0.1) is 5.92 Å². The van der Waals surface area contributed by atoms with Gasteiger partial charge in [-0.1, -0.05) is 23.8 Å². The molecule has 1 atom stereocenters. The Bertz CT molecular complexity index is 581. The molecule has 0 fully saturated rings. The first-order chi connectivity index (χ1) is 8.97. The Morgan fingerprint density at radius 3 is 2.79 bits per heavy atom. The number of halogens is 1. The maximum atomic E-state index is 11.5. The second-order valence-electron chi connectivity index (χ2n) is 4.95. The summed E-state index contributed by atoms with van der Waals surface area (Å²) >= 11 is 6.09. The van der Waals surface area contributed by atoms with Crippen LogP contribution in [-0.4, -0.2) is 21.2 Å². The molecule has 0 radical (unpaired) electrons. The Labute approximate surface area is 119 Å². The molecule has 0 heterocycles. The van der Waals surface area contributed by atoms with Crippen molar-refractivity contribution in [2.45, 2.75) is 24.2 Å². The summed E-state index contributed by atoms with van der Waals surface area (Å²) in [6.07, 6.45) is 8.94. The molecule has 19 heavy (non-hydrogen) atoms. The van der Waals surface area contributed by atoms with Crippen LogP contribution in [0.5, 0.6) is 0 Å². The second kappa shape index (κ2) is 5.97. The van der Waals surface area contributed by atoms with E-state index in [1.807, 2.05) is 0 Å². The van der Waals surface area contributed by atoms with Gasteiger partial charge >= 0.3 is 0 Å². The van der Waals surface area contributed by atoms with Crippen LogP contribution in [0.15, 0.2) is 35.2 Å². The number of rotatable bonds is 4. The van der Waals surface area contributed by atoms with Crippen molar-refractivity contribution >= 4 is 27.1 Å². The van der Waals surface area contributed by atoms with Crippen molar-refractivity contribution in [3.8, 4) is 0 Å². The van der Waals surface area contributed by atoms with Crippen LogP contribution >= 0.6 is 11.6 Å². The number of nitrogens with one attached hydrogen (secondary N) is 1. The van der Waals surface area contributed by atoms with Gasteiger partial charge in [0.2, 0.25) is 0 Å². The lowest BCUT2D eigenvalue weighted by atomic mass is 9.94. The summed E-state index contributed by atoms with van der Waals surface area (Å²) in [4.78, 5) is 0.294. The zero-order chi connectivity index (χ0) is 13.9. The fourth-order valence-electron chi connectivity index (χ4n) is 2.17. The molecular weight excluding hydrogens is 282 g/mol. The minimum Gasteiger partial charge on any atom is -0.384 e. The largest absolute Gasteiger partial charge is 0.384 e. The van der Waals surface area contributed by atoms with E-state index >= 15 is 0 Å². The van der Waals surface area contributed by atoms with Crippen molar-refractivity contribution < 1.29 is 8.42 Å². The summed E-state index contributed by atoms with van der Waals surface area (Å²) in [5.41, 5.74) is 0.694. The average Bonchev–Trinajstić information content (AvgIpc) is 2.37. The van der Waals surface area contributed by atoms with E-state index in [4.69, 9.17) is 11.6 Å². The van der Waals surface area contributed by atoms with E-state index in [9.17, 15) is 8.42 Å². The van der Waals surface area contributed by atoms with E-state index in [-0.39, 0.29) is 0 Å². The third-order valence-corrected chi connectivity index (χ3v) is 4.76. The molecule has 0 amide bonds. The van der Waals surface area contributed by atoms with Crippen LogP contribution in [0.2, 0.25) is 5.02 Å². The number of benzene rings is 1. The molecule has 0 spiro atoms. The predicted octanol–water partition coefficient (Wildman–Crippen LogP) is 3.51. The fraction of sp³-hybridized carbons (Fsp3) is 0.429. The third-order valence-electron chi connectivity index (χ3n) is 3.32. The maximum Gasteiger partial charge on any atom is 0.175 e. The van der Waals surface area contributed by atoms with Gasteiger partial charge in [-0.15, -0.1) is 0 Å². The van der Waals surface area contributed by atoms with Gasteiger partial charge in [-0.2, -0.15) is 0 Å². The predicted molar refractivity (Wildman–Crippen MR) is 79.5 cm³/mol. The fourth-order valence-corrected chi connectivity index (χ4v) is 3.00. The summed E-state index contributed by atoms with van der Waals surface area (Å²) < 4.78 is 23.0. The van der Waals surface area contributed by atoms with Gasteiger partial charge in [-0.05, 0) is 43.4 Å². The lowest BCUT2D eigenvalue weighted by molar-refractivity contribution is 0.504. The molecule has 0 aliphatic heterocycles. The zero-order valence-corrected chi connectivity index (χ0v) is 12.5. The number of sulfone groups is 1. The highest BCUT2D eigenvalue weighted by Crippen LogP contribution is 2.26. The summed E-state index contributed by atoms with van der Waals surface area (Å²) in [5.74, 6) is 0.586. The summed E-state index contributed by atoms with van der Waals surface area (Å²) in [6, 6.07) is 4.77. The van der Waals surface area contributed by atoms with Crippen LogP contribution in [0.3, 0.4) is 0 Å². The minimum atomic E-state index is -3.20. The van der Waals surface area contributed by atoms with Crippen molar-refractivity contribution in [2.24, 2.45) is 5.92 Å². The van der Waals surface area contributed by atoms with Crippen LogP contribution < -0.4 is 5.32 Å². The maximum absolute atomic E-state index is 11.5. The van der Waals surface area contributed by atoms with E-state index in [0.29, 0.717) is 21.5 Å². The topological polar surface area (TPSA) is 46.2 Å². The van der Waals surface area contributed by atoms with Crippen molar-refractivity contribution in [1.29, 1.82) is 0 Å². The molecule has 3 nitrogen and oxygen atoms in total. The van der Waals surface area contributed by atoms with Gasteiger partial charge in [0, 0.05) is 12.8 Å². The molecule has 5 heteroatoms. The molecule has 0 bridgehead atoms. The first-order valence-corrected chi connectivity index (χ1v) is 8.62. The normalized spacial score (nSPS) is 19.4. The molecule has 1 aromatic rings. The highest BCUT2D eigenvalue weighted by Gasteiger charge is 2.13.